The largest absolute Gasteiger partial charge is 0.465 e. The van der Waals surface area contributed by atoms with Crippen molar-refractivity contribution in [3.8, 4) is 0 Å². The van der Waals surface area contributed by atoms with E-state index in [1.807, 2.05) is 35.3 Å². The van der Waals surface area contributed by atoms with E-state index >= 15 is 0 Å². The number of carbonyl (C=O) groups is 4. The molecule has 14 aliphatic heterocycles. The summed E-state index contributed by atoms with van der Waals surface area (Å²) in [5, 5.41) is 40.9. The van der Waals surface area contributed by atoms with Crippen LogP contribution in [0.2, 0.25) is 0 Å². The number of thioether (sulfide) groups is 5. The first-order valence-corrected chi connectivity index (χ1v) is 32.8. The maximum Gasteiger partial charge on any atom is 0.311 e. The third-order valence-electron chi connectivity index (χ3n) is 20.0. The molecule has 28 atom stereocenters. The van der Waals surface area contributed by atoms with Crippen LogP contribution in [0.4, 0.5) is 0 Å². The molecule has 0 spiro atoms. The molecule has 0 amide bonds. The monoisotopic (exact) mass is 1130 g/mol. The molecule has 16 aliphatic rings. The Hall–Kier alpha value is -1.65. The van der Waals surface area contributed by atoms with E-state index in [0.717, 1.165) is 54.6 Å². The van der Waals surface area contributed by atoms with E-state index < -0.39 is 0 Å². The number of rotatable bonds is 15. The predicted octanol–water partition coefficient (Wildman–Crippen LogP) is 5.14. The van der Waals surface area contributed by atoms with Gasteiger partial charge in [-0.1, -0.05) is 48.6 Å². The van der Waals surface area contributed by atoms with E-state index in [0.29, 0.717) is 128 Å². The second-order valence-electron chi connectivity index (χ2n) is 23.5. The van der Waals surface area contributed by atoms with Crippen molar-refractivity contribution in [1.82, 2.24) is 0 Å². The molecular weight excluding hydrogens is 1060 g/mol. The quantitative estimate of drug-likeness (QED) is 0.0726. The lowest BCUT2D eigenvalue weighted by Gasteiger charge is -2.34. The van der Waals surface area contributed by atoms with Gasteiger partial charge in [-0.15, -0.1) is 35.3 Å². The average molecular weight is 1130 g/mol. The maximum atomic E-state index is 12.2. The fourth-order valence-electron chi connectivity index (χ4n) is 17.3. The van der Waals surface area contributed by atoms with Crippen molar-refractivity contribution in [2.75, 3.05) is 52.9 Å². The Morgan fingerprint density at radius 3 is 1.49 bits per heavy atom. The minimum Gasteiger partial charge on any atom is -0.465 e. The summed E-state index contributed by atoms with van der Waals surface area (Å²) >= 11 is 10.2. The molecule has 2 saturated carbocycles. The fraction of sp³-hybridized carbons (Fsp3) is 0.786. The van der Waals surface area contributed by atoms with Gasteiger partial charge >= 0.3 is 23.9 Å². The highest BCUT2D eigenvalue weighted by molar-refractivity contribution is 8.03. The number of aliphatic hydroxyl groups excluding tert-OH is 4. The summed E-state index contributed by atoms with van der Waals surface area (Å²) < 4.78 is 33.0. The van der Waals surface area contributed by atoms with Crippen LogP contribution < -0.4 is 0 Å². The number of aliphatic hydroxyl groups is 4. The third kappa shape index (κ3) is 9.19. The summed E-state index contributed by atoms with van der Waals surface area (Å²) in [6.07, 6.45) is 25.9. The smallest absolute Gasteiger partial charge is 0.311 e. The lowest BCUT2D eigenvalue weighted by molar-refractivity contribution is -0.153. The second kappa shape index (κ2) is 22.0. The first-order valence-electron chi connectivity index (χ1n) is 28.1. The summed E-state index contributed by atoms with van der Waals surface area (Å²) in [7, 11) is 0. The van der Waals surface area contributed by atoms with Gasteiger partial charge < -0.3 is 48.8 Å². The molecule has 0 aromatic carbocycles. The van der Waals surface area contributed by atoms with Crippen molar-refractivity contribution in [1.29, 1.82) is 0 Å². The molecule has 2 aliphatic carbocycles. The Kier molecular flexibility index (Phi) is 15.5. The minimum atomic E-state index is -0.129. The van der Waals surface area contributed by atoms with E-state index in [-0.39, 0.29) is 98.9 Å². The Labute approximate surface area is 460 Å². The van der Waals surface area contributed by atoms with E-state index in [9.17, 15) is 19.2 Å². The molecule has 10 saturated heterocycles. The molecule has 12 fully saturated rings. The predicted molar refractivity (Wildman–Crippen MR) is 288 cm³/mol. The topological polar surface area (TPSA) is 205 Å². The van der Waals surface area contributed by atoms with Crippen LogP contribution in [-0.2, 0) is 47.6 Å². The van der Waals surface area contributed by atoms with Gasteiger partial charge in [0.1, 0.15) is 6.61 Å². The SMILES string of the molecule is O=C(OCCCO)C1CC2OC1C1C3C=CC(S3)C21.O=C(OCCCO)C1CC2SC1C1C3C=CC(O3)C21.O=C(OCCCO)C1CC2SC1C1C3C=CC(S3)C21.O=C(OCCO)C1CC2CC1C1C3C=CC(S3)C21. The van der Waals surface area contributed by atoms with E-state index in [4.69, 9.17) is 48.8 Å². The zero-order valence-electron chi connectivity index (χ0n) is 42.0. The van der Waals surface area contributed by atoms with Gasteiger partial charge in [-0.25, -0.2) is 0 Å². The van der Waals surface area contributed by atoms with Gasteiger partial charge in [-0.3, -0.25) is 19.2 Å². The fourth-order valence-corrected chi connectivity index (χ4v) is 27.3. The standard InChI is InChI=1S/2C14H18O4S.C14H18O3S2.C14H18O3S/c15-4-1-5-17-14(16)7-6-8-11-9-2-3-10(19-9)12(11)13(7)18-8;2*15-4-1-5-17-14(16)7-6-10-11-8-2-3-9(18-8)12(11)13(7)19-10;15-3-4-17-14(16)9-6-7-5-8(9)13-11-2-1-10(18-11)12(7)13/h3*2-3,7-13,15H,1,4-6H2;1-2,7-13,15H,3-6H2. The summed E-state index contributed by atoms with van der Waals surface area (Å²) in [6, 6.07) is 0. The molecule has 14 heterocycles. The maximum absolute atomic E-state index is 12.2. The lowest BCUT2D eigenvalue weighted by atomic mass is 9.69. The highest BCUT2D eigenvalue weighted by atomic mass is 32.2. The van der Waals surface area contributed by atoms with E-state index in [1.54, 1.807) is 0 Å². The van der Waals surface area contributed by atoms with Crippen LogP contribution in [0.25, 0.3) is 0 Å². The van der Waals surface area contributed by atoms with Crippen molar-refractivity contribution < 1.29 is 68.0 Å². The number of hydrogen-bond donors (Lipinski definition) is 4. The van der Waals surface area contributed by atoms with Crippen LogP contribution in [-0.4, -0.2) is 174 Å². The van der Waals surface area contributed by atoms with Crippen molar-refractivity contribution in [2.45, 2.75) is 128 Å². The molecule has 0 aromatic heterocycles. The van der Waals surface area contributed by atoms with Crippen molar-refractivity contribution in [3.05, 3.63) is 48.6 Å². The molecule has 14 nitrogen and oxygen atoms in total. The van der Waals surface area contributed by atoms with Crippen molar-refractivity contribution >= 4 is 82.7 Å². The van der Waals surface area contributed by atoms with Crippen LogP contribution in [0.5, 0.6) is 0 Å². The first kappa shape index (κ1) is 52.7. The van der Waals surface area contributed by atoms with Gasteiger partial charge in [-0.05, 0) is 67.6 Å². The zero-order chi connectivity index (χ0) is 51.2. The lowest BCUT2D eigenvalue weighted by Crippen LogP contribution is -2.41. The molecule has 0 radical (unpaired) electrons. The van der Waals surface area contributed by atoms with Gasteiger partial charge in [0.15, 0.2) is 0 Å². The van der Waals surface area contributed by atoms with Crippen LogP contribution >= 0.6 is 58.8 Å². The molecule has 4 N–H and O–H groups in total. The Morgan fingerprint density at radius 1 is 0.413 bits per heavy atom. The van der Waals surface area contributed by atoms with Gasteiger partial charge in [0.05, 0.1) is 74.5 Å². The van der Waals surface area contributed by atoms with E-state index in [1.165, 1.54) is 6.42 Å². The molecular formula is C56H72O14S5. The number of ether oxygens (including phenoxy) is 6. The molecule has 19 heteroatoms. The Bertz CT molecular complexity index is 2120. The molecule has 28 unspecified atom stereocenters. The van der Waals surface area contributed by atoms with Gasteiger partial charge in [0.25, 0.3) is 0 Å². The number of hydrogen-bond acceptors (Lipinski definition) is 19. The van der Waals surface area contributed by atoms with Crippen molar-refractivity contribution in [3.63, 3.8) is 0 Å². The second-order valence-corrected chi connectivity index (χ2v) is 30.4. The Balaban J connectivity index is 0.0000000961. The molecule has 16 rings (SSSR count). The summed E-state index contributed by atoms with van der Waals surface area (Å²) in [6.45, 7) is 1.34. The molecule has 0 aromatic rings. The minimum absolute atomic E-state index is 0.0244. The van der Waals surface area contributed by atoms with Crippen molar-refractivity contribution in [2.24, 2.45) is 82.9 Å². The number of carbonyl (C=O) groups excluding carboxylic acids is 4. The molecule has 75 heavy (non-hydrogen) atoms. The molecule has 16 bridgehead atoms. The number of esters is 4. The van der Waals surface area contributed by atoms with E-state index in [2.05, 4.69) is 72.1 Å². The van der Waals surface area contributed by atoms with Crippen LogP contribution in [0, 0.1) is 82.9 Å². The van der Waals surface area contributed by atoms with Gasteiger partial charge in [0, 0.05) is 115 Å². The van der Waals surface area contributed by atoms with Crippen LogP contribution in [0.15, 0.2) is 48.6 Å². The summed E-state index contributed by atoms with van der Waals surface area (Å²) in [5.41, 5.74) is 0. The highest BCUT2D eigenvalue weighted by Gasteiger charge is 2.68. The van der Waals surface area contributed by atoms with Crippen LogP contribution in [0.3, 0.4) is 0 Å². The molecule has 410 valence electrons. The summed E-state index contributed by atoms with van der Waals surface area (Å²) in [5.74, 6) is 6.44. The Morgan fingerprint density at radius 2 is 0.893 bits per heavy atom. The van der Waals surface area contributed by atoms with Gasteiger partial charge in [-0.2, -0.15) is 23.5 Å². The first-order chi connectivity index (χ1) is 36.7. The summed E-state index contributed by atoms with van der Waals surface area (Å²) in [4.78, 5) is 48.4. The highest BCUT2D eigenvalue weighted by Crippen LogP contribution is 2.69. The van der Waals surface area contributed by atoms with Gasteiger partial charge in [0.2, 0.25) is 0 Å². The van der Waals surface area contributed by atoms with Crippen LogP contribution in [0.1, 0.15) is 51.4 Å². The normalized spacial score (nSPS) is 49.3. The zero-order valence-corrected chi connectivity index (χ0v) is 46.1. The third-order valence-corrected chi connectivity index (χ3v) is 28.3. The number of fused-ring (bicyclic) bond motifs is 36. The average Bonchev–Trinajstić information content (AvgIpc) is 4.28.